The van der Waals surface area contributed by atoms with Crippen LogP contribution in [0.5, 0.6) is 0 Å². The van der Waals surface area contributed by atoms with Gasteiger partial charge in [-0.2, -0.15) is 0 Å². The highest BCUT2D eigenvalue weighted by molar-refractivity contribution is 6.33. The van der Waals surface area contributed by atoms with E-state index < -0.39 is 0 Å². The molecule has 0 aromatic rings. The van der Waals surface area contributed by atoms with Crippen molar-refractivity contribution in [3.8, 4) is 0 Å². The highest BCUT2D eigenvalue weighted by Crippen LogP contribution is 2.05. The first-order chi connectivity index (χ1) is 6.59. The lowest BCUT2D eigenvalue weighted by molar-refractivity contribution is 0.176. The lowest BCUT2D eigenvalue weighted by Crippen LogP contribution is -2.26. The first kappa shape index (κ1) is 11.1. The van der Waals surface area contributed by atoms with Crippen LogP contribution in [-0.4, -0.2) is 45.7 Å². The number of rotatable bonds is 0. The molecule has 1 heterocycles. The van der Waals surface area contributed by atoms with Crippen molar-refractivity contribution in [1.29, 1.82) is 0 Å². The fourth-order valence-corrected chi connectivity index (χ4v) is 1.18. The first-order valence-corrected chi connectivity index (χ1v) is 4.59. The molecule has 0 fully saturated rings. The second-order valence-corrected chi connectivity index (χ2v) is 3.47. The van der Waals surface area contributed by atoms with Crippen LogP contribution in [-0.2, 0) is 4.74 Å². The second-order valence-electron chi connectivity index (χ2n) is 3.47. The summed E-state index contributed by atoms with van der Waals surface area (Å²) in [7, 11) is 7.83. The van der Waals surface area contributed by atoms with E-state index in [0.717, 1.165) is 18.7 Å². The molecule has 14 heavy (non-hydrogen) atoms. The van der Waals surface area contributed by atoms with E-state index >= 15 is 0 Å². The summed E-state index contributed by atoms with van der Waals surface area (Å²) < 4.78 is 5.26. The van der Waals surface area contributed by atoms with Gasteiger partial charge in [0, 0.05) is 19.3 Å². The Kier molecular flexibility index (Phi) is 3.95. The molecule has 0 aliphatic carbocycles. The zero-order chi connectivity index (χ0) is 10.6. The molecule has 0 bridgehead atoms. The van der Waals surface area contributed by atoms with Crippen LogP contribution >= 0.6 is 0 Å². The van der Waals surface area contributed by atoms with Crippen LogP contribution in [0.3, 0.4) is 0 Å². The Morgan fingerprint density at radius 2 is 2.36 bits per heavy atom. The van der Waals surface area contributed by atoms with Crippen molar-refractivity contribution in [2.45, 2.75) is 6.92 Å². The van der Waals surface area contributed by atoms with E-state index in [4.69, 9.17) is 12.6 Å². The van der Waals surface area contributed by atoms with Crippen molar-refractivity contribution in [1.82, 2.24) is 4.90 Å². The number of hydrogen-bond acceptors (Lipinski definition) is 3. The highest BCUT2D eigenvalue weighted by Gasteiger charge is 2.03. The van der Waals surface area contributed by atoms with Gasteiger partial charge in [-0.25, -0.2) is 4.99 Å². The molecule has 4 heteroatoms. The molecule has 0 spiro atoms. The molecule has 0 aromatic heterocycles. The average Bonchev–Trinajstić information content (AvgIpc) is 2.12. The van der Waals surface area contributed by atoms with E-state index in [2.05, 4.69) is 16.5 Å². The van der Waals surface area contributed by atoms with Gasteiger partial charge in [-0.15, -0.1) is 0 Å². The van der Waals surface area contributed by atoms with Crippen LogP contribution in [0, 0.1) is 0 Å². The average molecular weight is 190 g/mol. The number of nitrogens with zero attached hydrogens (tertiary/aromatic N) is 2. The highest BCUT2D eigenvalue weighted by atomic mass is 16.5. The lowest BCUT2D eigenvalue weighted by Gasteiger charge is -2.19. The molecule has 0 saturated carbocycles. The molecular formula is C10H15BN2O. The SMILES string of the molecule is [B]C1=C(\C)CN(C)CCOC(=C)/N=C\1. The van der Waals surface area contributed by atoms with Crippen molar-refractivity contribution < 1.29 is 4.74 Å². The van der Waals surface area contributed by atoms with Gasteiger partial charge >= 0.3 is 0 Å². The zero-order valence-corrected chi connectivity index (χ0v) is 8.79. The van der Waals surface area contributed by atoms with Crippen LogP contribution in [0.15, 0.2) is 28.5 Å². The topological polar surface area (TPSA) is 24.8 Å². The van der Waals surface area contributed by atoms with Crippen LogP contribution in [0.4, 0.5) is 0 Å². The van der Waals surface area contributed by atoms with Crippen molar-refractivity contribution in [2.75, 3.05) is 26.7 Å². The summed E-state index contributed by atoms with van der Waals surface area (Å²) in [6.45, 7) is 7.96. The smallest absolute Gasteiger partial charge is 0.205 e. The summed E-state index contributed by atoms with van der Waals surface area (Å²) in [5, 5.41) is 0. The van der Waals surface area contributed by atoms with Crippen LogP contribution in [0.25, 0.3) is 0 Å². The first-order valence-electron chi connectivity index (χ1n) is 4.59. The minimum atomic E-state index is 0.413. The molecular weight excluding hydrogens is 175 g/mol. The summed E-state index contributed by atoms with van der Waals surface area (Å²) in [4.78, 5) is 6.15. The second kappa shape index (κ2) is 5.01. The largest absolute Gasteiger partial charge is 0.477 e. The van der Waals surface area contributed by atoms with Gasteiger partial charge in [0.2, 0.25) is 5.88 Å². The lowest BCUT2D eigenvalue weighted by atomic mass is 9.91. The summed E-state index contributed by atoms with van der Waals surface area (Å²) >= 11 is 0. The van der Waals surface area contributed by atoms with Gasteiger partial charge in [-0.1, -0.05) is 11.0 Å². The number of allylic oxidation sites excluding steroid dienone is 1. The van der Waals surface area contributed by atoms with E-state index in [1.165, 1.54) is 0 Å². The van der Waals surface area contributed by atoms with E-state index in [9.17, 15) is 0 Å². The van der Waals surface area contributed by atoms with Crippen LogP contribution < -0.4 is 0 Å². The quantitative estimate of drug-likeness (QED) is 0.531. The van der Waals surface area contributed by atoms with Gasteiger partial charge < -0.3 is 4.74 Å². The summed E-state index contributed by atoms with van der Waals surface area (Å²) in [6.07, 6.45) is 1.59. The van der Waals surface area contributed by atoms with Crippen LogP contribution in [0.2, 0.25) is 0 Å². The Bertz CT molecular complexity index is 284. The third kappa shape index (κ3) is 3.38. The minimum absolute atomic E-state index is 0.413. The number of likely N-dealkylation sites (N-methyl/N-ethyl adjacent to an activating group) is 1. The van der Waals surface area contributed by atoms with E-state index in [0.29, 0.717) is 18.0 Å². The Labute approximate surface area is 86.6 Å². The molecule has 3 nitrogen and oxygen atoms in total. The summed E-state index contributed by atoms with van der Waals surface area (Å²) in [5.41, 5.74) is 1.80. The molecule has 1 aliphatic heterocycles. The Balaban J connectivity index is 2.80. The molecule has 2 radical (unpaired) electrons. The van der Waals surface area contributed by atoms with Gasteiger partial charge in [0.15, 0.2) is 0 Å². The molecule has 0 aromatic carbocycles. The number of aliphatic imine (C=N–C) groups is 1. The molecule has 74 valence electrons. The standard InChI is InChI=1S/C10H15BN2O/c1-8-7-13(3)4-5-14-9(2)12-6-10(8)11/h6H,2,4-5,7H2,1,3H3/b10-8+,12-6-. The zero-order valence-electron chi connectivity index (χ0n) is 8.79. The molecule has 1 rings (SSSR count). The molecule has 0 amide bonds. The van der Waals surface area contributed by atoms with Gasteiger partial charge in [0.25, 0.3) is 0 Å². The van der Waals surface area contributed by atoms with E-state index in [1.807, 2.05) is 14.0 Å². The third-order valence-electron chi connectivity index (χ3n) is 2.09. The number of ether oxygens (including phenoxy) is 1. The van der Waals surface area contributed by atoms with Crippen molar-refractivity contribution in [2.24, 2.45) is 4.99 Å². The maximum absolute atomic E-state index is 5.80. The van der Waals surface area contributed by atoms with Gasteiger partial charge in [0.1, 0.15) is 14.5 Å². The molecule has 0 atom stereocenters. The normalized spacial score (nSPS) is 28.3. The molecule has 1 aliphatic rings. The van der Waals surface area contributed by atoms with E-state index in [1.54, 1.807) is 6.21 Å². The monoisotopic (exact) mass is 190 g/mol. The van der Waals surface area contributed by atoms with Crippen molar-refractivity contribution in [3.05, 3.63) is 23.5 Å². The van der Waals surface area contributed by atoms with Gasteiger partial charge in [-0.3, -0.25) is 4.90 Å². The third-order valence-corrected chi connectivity index (χ3v) is 2.09. The predicted octanol–water partition coefficient (Wildman–Crippen LogP) is 0.933. The summed E-state index contributed by atoms with van der Waals surface area (Å²) in [6, 6.07) is 0. The fourth-order valence-electron chi connectivity index (χ4n) is 1.18. The fraction of sp³-hybridized carbons (Fsp3) is 0.500. The molecule has 0 saturated heterocycles. The van der Waals surface area contributed by atoms with Crippen molar-refractivity contribution in [3.63, 3.8) is 0 Å². The molecule has 0 unspecified atom stereocenters. The predicted molar refractivity (Wildman–Crippen MR) is 59.5 cm³/mol. The van der Waals surface area contributed by atoms with Gasteiger partial charge in [-0.05, 0) is 20.6 Å². The maximum atomic E-state index is 5.80. The van der Waals surface area contributed by atoms with Gasteiger partial charge in [0.05, 0.1) is 0 Å². The Hall–Kier alpha value is -1.03. The Morgan fingerprint density at radius 3 is 3.07 bits per heavy atom. The molecule has 0 N–H and O–H groups in total. The Morgan fingerprint density at radius 1 is 1.64 bits per heavy atom. The van der Waals surface area contributed by atoms with Crippen LogP contribution in [0.1, 0.15) is 6.92 Å². The number of hydrogen-bond donors (Lipinski definition) is 0. The van der Waals surface area contributed by atoms with E-state index in [-0.39, 0.29) is 0 Å². The van der Waals surface area contributed by atoms with Crippen molar-refractivity contribution >= 4 is 14.1 Å². The summed E-state index contributed by atoms with van der Waals surface area (Å²) in [5.74, 6) is 0.413. The minimum Gasteiger partial charge on any atom is -0.477 e. The maximum Gasteiger partial charge on any atom is 0.205 e.